The zero-order chi connectivity index (χ0) is 30.6. The molecule has 218 valence electrons. The average molecular weight is 593 g/mol. The van der Waals surface area contributed by atoms with Crippen molar-refractivity contribution in [2.75, 3.05) is 0 Å². The highest BCUT2D eigenvalue weighted by Crippen LogP contribution is 2.42. The Labute approximate surface area is 262 Å². The van der Waals surface area contributed by atoms with Gasteiger partial charge in [0.05, 0.1) is 15.9 Å². The summed E-state index contributed by atoms with van der Waals surface area (Å²) in [5, 5.41) is 3.20. The van der Waals surface area contributed by atoms with E-state index < -0.39 is 0 Å². The van der Waals surface area contributed by atoms with Crippen LogP contribution in [0.3, 0.4) is 0 Å². The van der Waals surface area contributed by atoms with Gasteiger partial charge in [0.2, 0.25) is 0 Å². The Morgan fingerprint density at radius 3 is 2.07 bits per heavy atom. The lowest BCUT2D eigenvalue weighted by atomic mass is 9.79. The van der Waals surface area contributed by atoms with E-state index in [9.17, 15) is 0 Å². The molecule has 44 heavy (non-hydrogen) atoms. The van der Waals surface area contributed by atoms with Crippen LogP contribution in [0.25, 0.3) is 53.9 Å². The molecule has 0 aliphatic rings. The highest BCUT2D eigenvalue weighted by atomic mass is 32.1. The van der Waals surface area contributed by atoms with Gasteiger partial charge in [0.25, 0.3) is 0 Å². The summed E-state index contributed by atoms with van der Waals surface area (Å²) in [4.78, 5) is 10.3. The fourth-order valence-electron chi connectivity index (χ4n) is 5.74. The van der Waals surface area contributed by atoms with Gasteiger partial charge in [0.15, 0.2) is 0 Å². The van der Waals surface area contributed by atoms with E-state index in [1.54, 1.807) is 11.3 Å². The summed E-state index contributed by atoms with van der Waals surface area (Å²) in [6.07, 6.45) is 2.00. The number of para-hydroxylation sites is 4. The van der Waals surface area contributed by atoms with E-state index in [1.807, 2.05) is 24.4 Å². The van der Waals surface area contributed by atoms with Crippen LogP contribution in [0.1, 0.15) is 58.2 Å². The smallest absolute Gasteiger partial charge is 0.143 e. The van der Waals surface area contributed by atoms with Gasteiger partial charge in [-0.15, -0.1) is 11.3 Å². The number of aromatic nitrogens is 1. The predicted octanol–water partition coefficient (Wildman–Crippen LogP) is 11.9. The number of nitrogens with zero attached hydrogens (tertiary/aromatic N) is 2. The van der Waals surface area contributed by atoms with Crippen molar-refractivity contribution in [3.8, 4) is 21.7 Å². The van der Waals surface area contributed by atoms with Gasteiger partial charge in [-0.2, -0.15) is 0 Å². The first-order valence-electron chi connectivity index (χ1n) is 15.2. The van der Waals surface area contributed by atoms with E-state index in [0.717, 1.165) is 65.1 Å². The van der Waals surface area contributed by atoms with Gasteiger partial charge in [-0.05, 0) is 63.9 Å². The number of aliphatic imine (C=N–C) groups is 1. The van der Waals surface area contributed by atoms with Crippen molar-refractivity contribution < 1.29 is 4.42 Å². The van der Waals surface area contributed by atoms with E-state index in [-0.39, 0.29) is 10.8 Å². The normalized spacial score (nSPS) is 12.7. The fraction of sp³-hybridized carbons (Fsp3) is 0.200. The van der Waals surface area contributed by atoms with E-state index in [0.29, 0.717) is 0 Å². The molecule has 4 heteroatoms. The minimum absolute atomic E-state index is 0.0488. The molecule has 0 bridgehead atoms. The Morgan fingerprint density at radius 1 is 0.659 bits per heavy atom. The highest BCUT2D eigenvalue weighted by Gasteiger charge is 2.21. The first-order valence-corrected chi connectivity index (χ1v) is 16.0. The van der Waals surface area contributed by atoms with Crippen LogP contribution < -0.4 is 0 Å². The average Bonchev–Trinajstić information content (AvgIpc) is 3.61. The monoisotopic (exact) mass is 592 g/mol. The molecule has 7 aromatic rings. The first-order chi connectivity index (χ1) is 21.1. The van der Waals surface area contributed by atoms with E-state index in [1.165, 1.54) is 11.1 Å². The maximum Gasteiger partial charge on any atom is 0.143 e. The summed E-state index contributed by atoms with van der Waals surface area (Å²) >= 11 is 1.70. The van der Waals surface area contributed by atoms with Crippen LogP contribution in [-0.4, -0.2) is 11.2 Å². The van der Waals surface area contributed by atoms with Crippen LogP contribution >= 0.6 is 11.3 Å². The SMILES string of the molecule is CC(C)(C)c1cc(C=Nc2ccccc2-c2nc3c(-c4cccc5c4oc4ccccc45)cccc3s2)cc(C(C)(C)C)c1. The molecule has 2 aromatic heterocycles. The third-order valence-corrected chi connectivity index (χ3v) is 9.34. The van der Waals surface area contributed by atoms with Crippen molar-refractivity contribution in [1.29, 1.82) is 0 Å². The van der Waals surface area contributed by atoms with Crippen LogP contribution in [-0.2, 0) is 10.8 Å². The zero-order valence-electron chi connectivity index (χ0n) is 26.1. The number of rotatable bonds is 4. The van der Waals surface area contributed by atoms with Gasteiger partial charge in [-0.25, -0.2) is 4.98 Å². The van der Waals surface area contributed by atoms with Gasteiger partial charge in [0.1, 0.15) is 16.2 Å². The lowest BCUT2D eigenvalue weighted by Crippen LogP contribution is -2.17. The standard InChI is InChI=1S/C40H36N2OS/c1-39(2,3)26-21-25(22-27(23-26)40(4,5)6)24-41-33-18-9-7-14-32(33)38-42-36-29(15-12-20-35(36)44-38)31-17-11-16-30-28-13-8-10-19-34(28)43-37(30)31/h7-24H,1-6H3. The molecule has 0 saturated carbocycles. The van der Waals surface area contributed by atoms with Gasteiger partial charge < -0.3 is 4.42 Å². The second-order valence-electron chi connectivity index (χ2n) is 13.6. The van der Waals surface area contributed by atoms with Crippen LogP contribution in [0.2, 0.25) is 0 Å². The van der Waals surface area contributed by atoms with Gasteiger partial charge in [0, 0.05) is 33.7 Å². The van der Waals surface area contributed by atoms with E-state index >= 15 is 0 Å². The molecule has 0 aliphatic heterocycles. The Kier molecular flexibility index (Phi) is 6.78. The zero-order valence-corrected chi connectivity index (χ0v) is 26.9. The molecular formula is C40H36N2OS. The topological polar surface area (TPSA) is 38.4 Å². The molecule has 0 spiro atoms. The number of thiazole rings is 1. The number of benzene rings is 5. The second kappa shape index (κ2) is 10.6. The minimum atomic E-state index is 0.0488. The molecule has 0 radical (unpaired) electrons. The third kappa shape index (κ3) is 5.14. The van der Waals surface area contributed by atoms with Crippen molar-refractivity contribution in [1.82, 2.24) is 4.98 Å². The molecule has 0 fully saturated rings. The number of fused-ring (bicyclic) bond motifs is 4. The Bertz CT molecular complexity index is 2170. The second-order valence-corrected chi connectivity index (χ2v) is 14.6. The quantitative estimate of drug-likeness (QED) is 0.191. The Balaban J connectivity index is 1.32. The molecule has 7 rings (SSSR count). The lowest BCUT2D eigenvalue weighted by Gasteiger charge is -2.25. The molecule has 5 aromatic carbocycles. The molecule has 0 amide bonds. The Morgan fingerprint density at radius 2 is 1.30 bits per heavy atom. The Hall–Kier alpha value is -4.54. The minimum Gasteiger partial charge on any atom is -0.455 e. The molecule has 0 atom stereocenters. The number of hydrogen-bond acceptors (Lipinski definition) is 4. The van der Waals surface area contributed by atoms with E-state index in [4.69, 9.17) is 14.4 Å². The van der Waals surface area contributed by atoms with Crippen LogP contribution in [0.15, 0.2) is 113 Å². The summed E-state index contributed by atoms with van der Waals surface area (Å²) in [5.41, 5.74) is 10.7. The summed E-state index contributed by atoms with van der Waals surface area (Å²) in [5.74, 6) is 0. The highest BCUT2D eigenvalue weighted by molar-refractivity contribution is 7.21. The summed E-state index contributed by atoms with van der Waals surface area (Å²) in [7, 11) is 0. The fourth-order valence-corrected chi connectivity index (χ4v) is 6.77. The number of furan rings is 1. The summed E-state index contributed by atoms with van der Waals surface area (Å²) < 4.78 is 7.52. The van der Waals surface area contributed by atoms with Crippen LogP contribution in [0.5, 0.6) is 0 Å². The van der Waals surface area contributed by atoms with Crippen molar-refractivity contribution in [2.45, 2.75) is 52.4 Å². The maximum absolute atomic E-state index is 6.39. The van der Waals surface area contributed by atoms with Gasteiger partial charge >= 0.3 is 0 Å². The predicted molar refractivity (Wildman–Crippen MR) is 189 cm³/mol. The molecule has 0 N–H and O–H groups in total. The molecule has 3 nitrogen and oxygen atoms in total. The molecule has 0 aliphatic carbocycles. The maximum atomic E-state index is 6.39. The largest absolute Gasteiger partial charge is 0.455 e. The van der Waals surface area contributed by atoms with Crippen molar-refractivity contribution >= 4 is 55.4 Å². The molecule has 0 saturated heterocycles. The van der Waals surface area contributed by atoms with E-state index in [2.05, 4.69) is 126 Å². The van der Waals surface area contributed by atoms with Crippen molar-refractivity contribution in [3.05, 3.63) is 120 Å². The van der Waals surface area contributed by atoms with Crippen molar-refractivity contribution in [2.24, 2.45) is 4.99 Å². The number of hydrogen-bond donors (Lipinski definition) is 0. The van der Waals surface area contributed by atoms with Crippen LogP contribution in [0.4, 0.5) is 5.69 Å². The van der Waals surface area contributed by atoms with Crippen LogP contribution in [0, 0.1) is 0 Å². The van der Waals surface area contributed by atoms with Gasteiger partial charge in [-0.3, -0.25) is 4.99 Å². The van der Waals surface area contributed by atoms with Crippen molar-refractivity contribution in [3.63, 3.8) is 0 Å². The summed E-state index contributed by atoms with van der Waals surface area (Å²) in [6, 6.07) is 36.2. The molecule has 0 unspecified atom stereocenters. The first kappa shape index (κ1) is 28.2. The lowest BCUT2D eigenvalue weighted by molar-refractivity contribution is 0.568. The van der Waals surface area contributed by atoms with Gasteiger partial charge in [-0.1, -0.05) is 108 Å². The molecular weight excluding hydrogens is 557 g/mol. The third-order valence-electron chi connectivity index (χ3n) is 8.29. The summed E-state index contributed by atoms with van der Waals surface area (Å²) in [6.45, 7) is 13.6. The molecule has 2 heterocycles.